The number of carbonyl (C=O) groups is 1. The SMILES string of the molecule is O=C(NCCCN1CCOCC1)[C@@H]1C[C@H]2CC[C@@H]1C2. The van der Waals surface area contributed by atoms with E-state index in [2.05, 4.69) is 10.2 Å². The number of hydrogen-bond donors (Lipinski definition) is 1. The monoisotopic (exact) mass is 266 g/mol. The molecule has 1 N–H and O–H groups in total. The third-order valence-electron chi connectivity index (χ3n) is 5.13. The van der Waals surface area contributed by atoms with Crippen LogP contribution in [0.3, 0.4) is 0 Å². The molecule has 1 heterocycles. The number of rotatable bonds is 5. The molecule has 2 saturated carbocycles. The molecular formula is C15H26N2O2. The zero-order valence-electron chi connectivity index (χ0n) is 11.8. The van der Waals surface area contributed by atoms with E-state index in [1.165, 1.54) is 19.3 Å². The zero-order chi connectivity index (χ0) is 13.1. The number of morpholine rings is 1. The molecule has 3 fully saturated rings. The van der Waals surface area contributed by atoms with Gasteiger partial charge in [0.05, 0.1) is 13.2 Å². The molecule has 0 unspecified atom stereocenters. The Bertz CT molecular complexity index is 315. The summed E-state index contributed by atoms with van der Waals surface area (Å²) >= 11 is 0. The molecule has 2 bridgehead atoms. The van der Waals surface area contributed by atoms with Crippen molar-refractivity contribution in [3.8, 4) is 0 Å². The van der Waals surface area contributed by atoms with Gasteiger partial charge < -0.3 is 10.1 Å². The lowest BCUT2D eigenvalue weighted by molar-refractivity contribution is -0.126. The smallest absolute Gasteiger partial charge is 0.223 e. The van der Waals surface area contributed by atoms with Crippen molar-refractivity contribution >= 4 is 5.91 Å². The Morgan fingerprint density at radius 2 is 2.05 bits per heavy atom. The van der Waals surface area contributed by atoms with E-state index in [0.29, 0.717) is 17.7 Å². The summed E-state index contributed by atoms with van der Waals surface area (Å²) < 4.78 is 5.33. The Hall–Kier alpha value is -0.610. The molecule has 19 heavy (non-hydrogen) atoms. The highest BCUT2D eigenvalue weighted by molar-refractivity contribution is 5.79. The summed E-state index contributed by atoms with van der Waals surface area (Å²) in [5.41, 5.74) is 0. The Kier molecular flexibility index (Phi) is 4.38. The standard InChI is InChI=1S/C15H26N2O2/c18-15(14-11-12-2-3-13(14)10-12)16-4-1-5-17-6-8-19-9-7-17/h12-14H,1-11H2,(H,16,18)/t12-,13+,14+/m0/s1. The van der Waals surface area contributed by atoms with Crippen LogP contribution < -0.4 is 5.32 Å². The zero-order valence-corrected chi connectivity index (χ0v) is 11.8. The van der Waals surface area contributed by atoms with E-state index in [0.717, 1.165) is 58.2 Å². The van der Waals surface area contributed by atoms with E-state index in [1.807, 2.05) is 0 Å². The fourth-order valence-corrected chi connectivity index (χ4v) is 4.04. The lowest BCUT2D eigenvalue weighted by Crippen LogP contribution is -2.39. The minimum atomic E-state index is 0.328. The van der Waals surface area contributed by atoms with E-state index < -0.39 is 0 Å². The molecule has 1 amide bonds. The minimum absolute atomic E-state index is 0.328. The highest BCUT2D eigenvalue weighted by Crippen LogP contribution is 2.48. The van der Waals surface area contributed by atoms with Gasteiger partial charge in [0.1, 0.15) is 0 Å². The van der Waals surface area contributed by atoms with Gasteiger partial charge in [-0.15, -0.1) is 0 Å². The van der Waals surface area contributed by atoms with Crippen LogP contribution in [0.25, 0.3) is 0 Å². The van der Waals surface area contributed by atoms with Gasteiger partial charge in [-0.05, 0) is 44.1 Å². The van der Waals surface area contributed by atoms with Crippen LogP contribution in [-0.4, -0.2) is 50.2 Å². The van der Waals surface area contributed by atoms with Gasteiger partial charge in [0.2, 0.25) is 5.91 Å². The molecule has 0 aromatic heterocycles. The van der Waals surface area contributed by atoms with Crippen molar-refractivity contribution in [3.63, 3.8) is 0 Å². The van der Waals surface area contributed by atoms with Crippen molar-refractivity contribution in [1.29, 1.82) is 0 Å². The first-order valence-electron chi connectivity index (χ1n) is 7.91. The largest absolute Gasteiger partial charge is 0.379 e. The molecule has 1 aliphatic heterocycles. The maximum atomic E-state index is 12.1. The first-order chi connectivity index (χ1) is 9.33. The lowest BCUT2D eigenvalue weighted by Gasteiger charge is -2.26. The highest BCUT2D eigenvalue weighted by Gasteiger charge is 2.42. The van der Waals surface area contributed by atoms with Crippen molar-refractivity contribution in [2.75, 3.05) is 39.4 Å². The van der Waals surface area contributed by atoms with E-state index in [9.17, 15) is 4.79 Å². The molecule has 3 aliphatic rings. The topological polar surface area (TPSA) is 41.6 Å². The average Bonchev–Trinajstić information content (AvgIpc) is 3.07. The Balaban J connectivity index is 1.30. The summed E-state index contributed by atoms with van der Waals surface area (Å²) in [4.78, 5) is 14.6. The van der Waals surface area contributed by atoms with Crippen LogP contribution in [0, 0.1) is 17.8 Å². The average molecular weight is 266 g/mol. The molecule has 0 spiro atoms. The molecule has 0 radical (unpaired) electrons. The van der Waals surface area contributed by atoms with Gasteiger partial charge in [0, 0.05) is 25.6 Å². The summed E-state index contributed by atoms with van der Waals surface area (Å²) in [6, 6.07) is 0. The first kappa shape index (κ1) is 13.4. The lowest BCUT2D eigenvalue weighted by atomic mass is 9.88. The molecule has 3 rings (SSSR count). The Morgan fingerprint density at radius 1 is 1.21 bits per heavy atom. The Morgan fingerprint density at radius 3 is 2.74 bits per heavy atom. The van der Waals surface area contributed by atoms with Crippen LogP contribution in [0.5, 0.6) is 0 Å². The van der Waals surface area contributed by atoms with Gasteiger partial charge in [0.25, 0.3) is 0 Å². The van der Waals surface area contributed by atoms with Gasteiger partial charge in [0.15, 0.2) is 0 Å². The van der Waals surface area contributed by atoms with Crippen molar-refractivity contribution in [1.82, 2.24) is 10.2 Å². The molecule has 2 aliphatic carbocycles. The van der Waals surface area contributed by atoms with Gasteiger partial charge in [-0.1, -0.05) is 6.42 Å². The van der Waals surface area contributed by atoms with Gasteiger partial charge in [-0.3, -0.25) is 9.69 Å². The van der Waals surface area contributed by atoms with E-state index in [1.54, 1.807) is 0 Å². The molecular weight excluding hydrogens is 240 g/mol. The van der Waals surface area contributed by atoms with Crippen LogP contribution in [0.1, 0.15) is 32.1 Å². The number of fused-ring (bicyclic) bond motifs is 2. The van der Waals surface area contributed by atoms with Crippen LogP contribution in [-0.2, 0) is 9.53 Å². The molecule has 4 nitrogen and oxygen atoms in total. The first-order valence-corrected chi connectivity index (χ1v) is 7.91. The number of carbonyl (C=O) groups excluding carboxylic acids is 1. The van der Waals surface area contributed by atoms with Crippen LogP contribution in [0.15, 0.2) is 0 Å². The number of nitrogens with one attached hydrogen (secondary N) is 1. The van der Waals surface area contributed by atoms with Crippen molar-refractivity contribution < 1.29 is 9.53 Å². The predicted molar refractivity (Wildman–Crippen MR) is 73.8 cm³/mol. The van der Waals surface area contributed by atoms with Crippen LogP contribution in [0.4, 0.5) is 0 Å². The quantitative estimate of drug-likeness (QED) is 0.762. The van der Waals surface area contributed by atoms with E-state index in [-0.39, 0.29) is 0 Å². The predicted octanol–water partition coefficient (Wildman–Crippen LogP) is 1.26. The third kappa shape index (κ3) is 3.29. The fourth-order valence-electron chi connectivity index (χ4n) is 4.04. The highest BCUT2D eigenvalue weighted by atomic mass is 16.5. The summed E-state index contributed by atoms with van der Waals surface area (Å²) in [5.74, 6) is 2.22. The second-order valence-corrected chi connectivity index (χ2v) is 6.38. The Labute approximate surface area is 115 Å². The van der Waals surface area contributed by atoms with E-state index >= 15 is 0 Å². The molecule has 3 atom stereocenters. The van der Waals surface area contributed by atoms with Crippen molar-refractivity contribution in [2.45, 2.75) is 32.1 Å². The molecule has 108 valence electrons. The molecule has 1 saturated heterocycles. The number of ether oxygens (including phenoxy) is 1. The summed E-state index contributed by atoms with van der Waals surface area (Å²) in [7, 11) is 0. The van der Waals surface area contributed by atoms with Crippen LogP contribution in [0.2, 0.25) is 0 Å². The van der Waals surface area contributed by atoms with Gasteiger partial charge >= 0.3 is 0 Å². The number of nitrogens with zero attached hydrogens (tertiary/aromatic N) is 1. The normalized spacial score (nSPS) is 34.6. The minimum Gasteiger partial charge on any atom is -0.379 e. The molecule has 0 aromatic carbocycles. The van der Waals surface area contributed by atoms with Crippen LogP contribution >= 0.6 is 0 Å². The molecule has 4 heteroatoms. The number of hydrogen-bond acceptors (Lipinski definition) is 3. The van der Waals surface area contributed by atoms with Crippen molar-refractivity contribution in [2.24, 2.45) is 17.8 Å². The van der Waals surface area contributed by atoms with Crippen molar-refractivity contribution in [3.05, 3.63) is 0 Å². The summed E-state index contributed by atoms with van der Waals surface area (Å²) in [5, 5.41) is 3.15. The van der Waals surface area contributed by atoms with E-state index in [4.69, 9.17) is 4.74 Å². The molecule has 0 aromatic rings. The van der Waals surface area contributed by atoms with Gasteiger partial charge in [-0.2, -0.15) is 0 Å². The maximum Gasteiger partial charge on any atom is 0.223 e. The maximum absolute atomic E-state index is 12.1. The fraction of sp³-hybridized carbons (Fsp3) is 0.933. The summed E-state index contributed by atoms with van der Waals surface area (Å²) in [6.07, 6.45) is 6.18. The van der Waals surface area contributed by atoms with Gasteiger partial charge in [-0.25, -0.2) is 0 Å². The summed E-state index contributed by atoms with van der Waals surface area (Å²) in [6.45, 7) is 5.72. The second kappa shape index (κ2) is 6.23. The number of amides is 1. The third-order valence-corrected chi connectivity index (χ3v) is 5.13. The second-order valence-electron chi connectivity index (χ2n) is 6.38.